The van der Waals surface area contributed by atoms with Crippen LogP contribution in [0.3, 0.4) is 0 Å². The van der Waals surface area contributed by atoms with Gasteiger partial charge in [0.05, 0.1) is 17.4 Å². The van der Waals surface area contributed by atoms with Gasteiger partial charge in [0.15, 0.2) is 5.82 Å². The van der Waals surface area contributed by atoms with Crippen molar-refractivity contribution in [2.45, 2.75) is 37.8 Å². The molecular weight excluding hydrogens is 550 g/mol. The number of hydrogen-bond donors (Lipinski definition) is 2. The largest absolute Gasteiger partial charge is 0.351 e. The van der Waals surface area contributed by atoms with E-state index in [9.17, 15) is 4.79 Å². The number of carbonyl (C=O) groups excluding carboxylic acids is 1. The number of nitrogens with zero attached hydrogens (tertiary/aromatic N) is 7. The van der Waals surface area contributed by atoms with Crippen molar-refractivity contribution < 1.29 is 4.79 Å². The van der Waals surface area contributed by atoms with Crippen LogP contribution in [0.2, 0.25) is 0 Å². The lowest BCUT2D eigenvalue weighted by Gasteiger charge is -2.32. The predicted molar refractivity (Wildman–Crippen MR) is 170 cm³/mol. The molecule has 3 saturated heterocycles. The summed E-state index contributed by atoms with van der Waals surface area (Å²) in [4.78, 5) is 31.5. The summed E-state index contributed by atoms with van der Waals surface area (Å²) >= 11 is 0. The van der Waals surface area contributed by atoms with Gasteiger partial charge in [-0.05, 0) is 61.4 Å². The van der Waals surface area contributed by atoms with E-state index in [0.29, 0.717) is 35.2 Å². The Balaban J connectivity index is 1.09. The molecule has 10 nitrogen and oxygen atoms in total. The van der Waals surface area contributed by atoms with Crippen molar-refractivity contribution >= 4 is 34.3 Å². The Morgan fingerprint density at radius 3 is 2.64 bits per heavy atom. The first kappa shape index (κ1) is 26.8. The summed E-state index contributed by atoms with van der Waals surface area (Å²) in [5.74, 6) is 2.88. The molecule has 3 fully saturated rings. The smallest absolute Gasteiger partial charge is 0.253 e. The SMILES string of the molecule is O=C(c1ccc2c(Nc3cnccn3)nn(-c3ccnc(N4C[C@@H]5C[C@H]4CN5)c3)c2c1)N1CCC(Cc2ccccc2)CC1. The van der Waals surface area contributed by atoms with Crippen molar-refractivity contribution in [2.75, 3.05) is 36.4 Å². The second-order valence-corrected chi connectivity index (χ2v) is 12.2. The highest BCUT2D eigenvalue weighted by molar-refractivity contribution is 6.01. The Hall–Kier alpha value is -4.83. The number of piperazine rings is 1. The Kier molecular flexibility index (Phi) is 6.90. The molecule has 8 rings (SSSR count). The highest BCUT2D eigenvalue weighted by Crippen LogP contribution is 2.33. The lowest BCUT2D eigenvalue weighted by atomic mass is 9.90. The zero-order valence-corrected chi connectivity index (χ0v) is 24.5. The summed E-state index contributed by atoms with van der Waals surface area (Å²) in [5, 5.41) is 12.8. The molecule has 0 radical (unpaired) electrons. The number of pyridine rings is 1. The van der Waals surface area contributed by atoms with Gasteiger partial charge >= 0.3 is 0 Å². The van der Waals surface area contributed by atoms with Crippen LogP contribution >= 0.6 is 0 Å². The second-order valence-electron chi connectivity index (χ2n) is 12.2. The molecule has 0 saturated carbocycles. The first-order chi connectivity index (χ1) is 21.7. The monoisotopic (exact) mass is 585 g/mol. The van der Waals surface area contributed by atoms with Gasteiger partial charge in [0, 0.05) is 73.9 Å². The van der Waals surface area contributed by atoms with Crippen LogP contribution in [0.25, 0.3) is 16.6 Å². The minimum Gasteiger partial charge on any atom is -0.351 e. The maximum Gasteiger partial charge on any atom is 0.253 e. The second kappa shape index (κ2) is 11.3. The molecule has 44 heavy (non-hydrogen) atoms. The minimum atomic E-state index is 0.0669. The van der Waals surface area contributed by atoms with E-state index in [-0.39, 0.29) is 5.91 Å². The van der Waals surface area contributed by atoms with Crippen LogP contribution in [-0.4, -0.2) is 73.8 Å². The average molecular weight is 586 g/mol. The Morgan fingerprint density at radius 1 is 0.977 bits per heavy atom. The van der Waals surface area contributed by atoms with Gasteiger partial charge < -0.3 is 20.4 Å². The van der Waals surface area contributed by atoms with E-state index in [1.165, 1.54) is 5.56 Å². The Labute approximate surface area is 256 Å². The van der Waals surface area contributed by atoms with E-state index in [1.54, 1.807) is 18.6 Å². The Bertz CT molecular complexity index is 1780. The van der Waals surface area contributed by atoms with Crippen LogP contribution in [0.5, 0.6) is 0 Å². The highest BCUT2D eigenvalue weighted by atomic mass is 16.2. The third kappa shape index (κ3) is 5.15. The van der Waals surface area contributed by atoms with E-state index in [2.05, 4.69) is 61.9 Å². The number of amides is 1. The number of piperidine rings is 1. The van der Waals surface area contributed by atoms with E-state index in [0.717, 1.165) is 74.3 Å². The van der Waals surface area contributed by atoms with Gasteiger partial charge in [-0.1, -0.05) is 30.3 Å². The summed E-state index contributed by atoms with van der Waals surface area (Å²) in [5.41, 5.74) is 3.79. The fraction of sp³-hybridized carbons (Fsp3) is 0.324. The molecule has 6 heterocycles. The van der Waals surface area contributed by atoms with Gasteiger partial charge in [0.25, 0.3) is 5.91 Å². The number of carbonyl (C=O) groups is 1. The molecule has 222 valence electrons. The molecule has 2 bridgehead atoms. The molecule has 3 aliphatic heterocycles. The molecule has 1 amide bonds. The average Bonchev–Trinajstić information content (AvgIpc) is 3.81. The fourth-order valence-corrected chi connectivity index (χ4v) is 7.03. The van der Waals surface area contributed by atoms with Gasteiger partial charge in [-0.2, -0.15) is 0 Å². The Morgan fingerprint density at radius 2 is 1.86 bits per heavy atom. The van der Waals surface area contributed by atoms with Crippen LogP contribution in [-0.2, 0) is 6.42 Å². The van der Waals surface area contributed by atoms with Crippen molar-refractivity contribution in [3.05, 3.63) is 96.6 Å². The van der Waals surface area contributed by atoms with Crippen LogP contribution in [0.1, 0.15) is 35.2 Å². The standard InChI is InChI=1S/C34H35N9O/c44-34(41-14-9-24(10-15-41)16-23-4-2-1-3-5-23)25-6-7-29-30(17-25)43(40-33(29)39-31-21-35-12-13-36-31)27-8-11-37-32(19-27)42-22-26-18-28(42)20-38-26/h1-8,11-13,17,19,21,24,26,28,38H,9-10,14-16,18,20,22H2,(H,36,39,40)/t26-,28-/m0/s1. The number of hydrogen-bond acceptors (Lipinski definition) is 8. The van der Waals surface area contributed by atoms with Crippen molar-refractivity contribution in [2.24, 2.45) is 5.92 Å². The quantitative estimate of drug-likeness (QED) is 0.286. The van der Waals surface area contributed by atoms with Gasteiger partial charge in [-0.3, -0.25) is 9.78 Å². The lowest BCUT2D eigenvalue weighted by Crippen LogP contribution is -2.44. The van der Waals surface area contributed by atoms with Crippen molar-refractivity contribution in [1.82, 2.24) is 34.9 Å². The zero-order chi connectivity index (χ0) is 29.5. The molecule has 0 aliphatic carbocycles. The summed E-state index contributed by atoms with van der Waals surface area (Å²) in [6.45, 7) is 3.49. The first-order valence-corrected chi connectivity index (χ1v) is 15.5. The van der Waals surface area contributed by atoms with E-state index in [1.807, 2.05) is 40.0 Å². The van der Waals surface area contributed by atoms with Crippen molar-refractivity contribution in [3.8, 4) is 5.69 Å². The summed E-state index contributed by atoms with van der Waals surface area (Å²) in [7, 11) is 0. The number of rotatable bonds is 7. The number of nitrogens with one attached hydrogen (secondary N) is 2. The van der Waals surface area contributed by atoms with E-state index in [4.69, 9.17) is 10.1 Å². The molecule has 10 heteroatoms. The number of fused-ring (bicyclic) bond motifs is 3. The lowest BCUT2D eigenvalue weighted by molar-refractivity contribution is 0.0690. The first-order valence-electron chi connectivity index (χ1n) is 15.5. The van der Waals surface area contributed by atoms with Crippen LogP contribution in [0, 0.1) is 5.92 Å². The number of benzene rings is 2. The molecule has 3 aliphatic rings. The maximum atomic E-state index is 13.8. The van der Waals surface area contributed by atoms with Gasteiger partial charge in [-0.25, -0.2) is 14.6 Å². The van der Waals surface area contributed by atoms with Crippen LogP contribution in [0.15, 0.2) is 85.5 Å². The summed E-state index contributed by atoms with van der Waals surface area (Å²) < 4.78 is 1.91. The van der Waals surface area contributed by atoms with E-state index < -0.39 is 0 Å². The molecule has 2 atom stereocenters. The minimum absolute atomic E-state index is 0.0669. The zero-order valence-electron chi connectivity index (χ0n) is 24.5. The molecule has 0 unspecified atom stereocenters. The number of aromatic nitrogens is 5. The topological polar surface area (TPSA) is 104 Å². The van der Waals surface area contributed by atoms with Crippen molar-refractivity contribution in [3.63, 3.8) is 0 Å². The molecule has 0 spiro atoms. The normalized spacial score (nSPS) is 20.0. The van der Waals surface area contributed by atoms with Gasteiger partial charge in [-0.15, -0.1) is 5.10 Å². The molecule has 3 aromatic heterocycles. The van der Waals surface area contributed by atoms with Crippen LogP contribution < -0.4 is 15.5 Å². The fourth-order valence-electron chi connectivity index (χ4n) is 7.03. The molecule has 2 aromatic carbocycles. The summed E-state index contributed by atoms with van der Waals surface area (Å²) in [6, 6.07) is 21.6. The molecular formula is C34H35N9O. The summed E-state index contributed by atoms with van der Waals surface area (Å²) in [6.07, 6.45) is 11.1. The number of anilines is 3. The molecule has 2 N–H and O–H groups in total. The highest BCUT2D eigenvalue weighted by Gasteiger charge is 2.38. The van der Waals surface area contributed by atoms with Gasteiger partial charge in [0.1, 0.15) is 11.6 Å². The third-order valence-electron chi connectivity index (χ3n) is 9.33. The number of likely N-dealkylation sites (tertiary alicyclic amines) is 1. The van der Waals surface area contributed by atoms with E-state index >= 15 is 0 Å². The van der Waals surface area contributed by atoms with Gasteiger partial charge in [0.2, 0.25) is 0 Å². The molecule has 5 aromatic rings. The predicted octanol–water partition coefficient (Wildman–Crippen LogP) is 4.60. The van der Waals surface area contributed by atoms with Crippen LogP contribution in [0.4, 0.5) is 17.5 Å². The maximum absolute atomic E-state index is 13.8. The van der Waals surface area contributed by atoms with Crippen molar-refractivity contribution in [1.29, 1.82) is 0 Å². The third-order valence-corrected chi connectivity index (χ3v) is 9.33.